The summed E-state index contributed by atoms with van der Waals surface area (Å²) in [6.45, 7) is 8.52. The van der Waals surface area contributed by atoms with Gasteiger partial charge in [0.2, 0.25) is 0 Å². The van der Waals surface area contributed by atoms with Crippen LogP contribution in [0.5, 0.6) is 5.75 Å². The first-order chi connectivity index (χ1) is 12.9. The highest BCUT2D eigenvalue weighted by molar-refractivity contribution is 5.71. The molecule has 6 nitrogen and oxygen atoms in total. The van der Waals surface area contributed by atoms with Gasteiger partial charge in [-0.2, -0.15) is 0 Å². The number of rotatable bonds is 7. The minimum absolute atomic E-state index is 0.0540. The fourth-order valence-corrected chi connectivity index (χ4v) is 3.03. The molecular formula is C21H28N4O2. The fourth-order valence-electron chi connectivity index (χ4n) is 3.03. The standard InChI is InChI=1S/C21H28N4O2/c1-13(2)15-6-7-19(27-5)16(10-15)18-11-22-21-9-8-20(24-25(18)21)23-17(12-26)14(3)4/h6-11,13-14,17,26H,12H2,1-5H3,(H,23,24). The Morgan fingerprint density at radius 2 is 1.93 bits per heavy atom. The van der Waals surface area contributed by atoms with Gasteiger partial charge < -0.3 is 15.2 Å². The highest BCUT2D eigenvalue weighted by atomic mass is 16.5. The summed E-state index contributed by atoms with van der Waals surface area (Å²) in [7, 11) is 1.67. The smallest absolute Gasteiger partial charge is 0.154 e. The summed E-state index contributed by atoms with van der Waals surface area (Å²) < 4.78 is 7.40. The minimum Gasteiger partial charge on any atom is -0.496 e. The van der Waals surface area contributed by atoms with Gasteiger partial charge in [-0.1, -0.05) is 33.8 Å². The molecule has 0 bridgehead atoms. The first kappa shape index (κ1) is 19.2. The van der Waals surface area contributed by atoms with Crippen LogP contribution in [0.1, 0.15) is 39.2 Å². The average Bonchev–Trinajstić information content (AvgIpc) is 3.08. The summed E-state index contributed by atoms with van der Waals surface area (Å²) in [5.41, 5.74) is 3.83. The van der Waals surface area contributed by atoms with E-state index in [0.29, 0.717) is 11.7 Å². The maximum atomic E-state index is 9.59. The van der Waals surface area contributed by atoms with Crippen LogP contribution >= 0.6 is 0 Å². The summed E-state index contributed by atoms with van der Waals surface area (Å²) in [6.07, 6.45) is 1.82. The third-order valence-electron chi connectivity index (χ3n) is 4.86. The van der Waals surface area contributed by atoms with Gasteiger partial charge >= 0.3 is 0 Å². The number of benzene rings is 1. The first-order valence-electron chi connectivity index (χ1n) is 9.35. The number of methoxy groups -OCH3 is 1. The molecule has 6 heteroatoms. The molecule has 0 aliphatic carbocycles. The van der Waals surface area contributed by atoms with E-state index in [1.165, 1.54) is 5.56 Å². The van der Waals surface area contributed by atoms with Crippen molar-refractivity contribution in [3.05, 3.63) is 42.1 Å². The van der Waals surface area contributed by atoms with Crippen molar-refractivity contribution in [1.29, 1.82) is 0 Å². The van der Waals surface area contributed by atoms with Gasteiger partial charge in [0.15, 0.2) is 5.65 Å². The van der Waals surface area contributed by atoms with E-state index in [4.69, 9.17) is 9.84 Å². The number of hydrogen-bond acceptors (Lipinski definition) is 5. The summed E-state index contributed by atoms with van der Waals surface area (Å²) in [4.78, 5) is 4.49. The SMILES string of the molecule is COc1ccc(C(C)C)cc1-c1cnc2ccc(NC(CO)C(C)C)nn12. The number of nitrogens with one attached hydrogen (secondary N) is 1. The number of nitrogens with zero attached hydrogens (tertiary/aromatic N) is 3. The van der Waals surface area contributed by atoms with Crippen LogP contribution in [-0.4, -0.2) is 39.5 Å². The van der Waals surface area contributed by atoms with Crippen LogP contribution in [-0.2, 0) is 0 Å². The highest BCUT2D eigenvalue weighted by Gasteiger charge is 2.16. The van der Waals surface area contributed by atoms with E-state index >= 15 is 0 Å². The topological polar surface area (TPSA) is 71.7 Å². The van der Waals surface area contributed by atoms with Gasteiger partial charge in [0, 0.05) is 5.56 Å². The van der Waals surface area contributed by atoms with Crippen molar-refractivity contribution >= 4 is 11.5 Å². The largest absolute Gasteiger partial charge is 0.496 e. The molecule has 144 valence electrons. The van der Waals surface area contributed by atoms with Crippen molar-refractivity contribution in [2.45, 2.75) is 39.7 Å². The van der Waals surface area contributed by atoms with Crippen LogP contribution < -0.4 is 10.1 Å². The van der Waals surface area contributed by atoms with Crippen LogP contribution in [0, 0.1) is 5.92 Å². The Morgan fingerprint density at radius 1 is 1.15 bits per heavy atom. The number of ether oxygens (including phenoxy) is 1. The van der Waals surface area contributed by atoms with E-state index in [1.807, 2.05) is 28.9 Å². The van der Waals surface area contributed by atoms with Crippen LogP contribution in [0.25, 0.3) is 16.9 Å². The average molecular weight is 368 g/mol. The zero-order valence-corrected chi connectivity index (χ0v) is 16.6. The molecule has 0 aliphatic rings. The van der Waals surface area contributed by atoms with Crippen molar-refractivity contribution < 1.29 is 9.84 Å². The van der Waals surface area contributed by atoms with E-state index < -0.39 is 0 Å². The number of imidazole rings is 1. The zero-order valence-electron chi connectivity index (χ0n) is 16.6. The van der Waals surface area contributed by atoms with Crippen molar-refractivity contribution in [1.82, 2.24) is 14.6 Å². The van der Waals surface area contributed by atoms with E-state index in [0.717, 1.165) is 22.7 Å². The summed E-state index contributed by atoms with van der Waals surface area (Å²) in [5, 5.41) is 17.6. The molecule has 2 heterocycles. The van der Waals surface area contributed by atoms with E-state index in [-0.39, 0.29) is 18.6 Å². The second kappa shape index (κ2) is 7.96. The van der Waals surface area contributed by atoms with Gasteiger partial charge in [-0.25, -0.2) is 9.50 Å². The Morgan fingerprint density at radius 3 is 2.56 bits per heavy atom. The number of anilines is 1. The molecule has 1 atom stereocenters. The van der Waals surface area contributed by atoms with Gasteiger partial charge in [-0.15, -0.1) is 5.10 Å². The Balaban J connectivity index is 2.08. The normalized spacial score (nSPS) is 12.7. The van der Waals surface area contributed by atoms with Crippen molar-refractivity contribution in [2.75, 3.05) is 19.0 Å². The first-order valence-corrected chi connectivity index (χ1v) is 9.35. The molecule has 0 aliphatic heterocycles. The molecule has 2 N–H and O–H groups in total. The summed E-state index contributed by atoms with van der Waals surface area (Å²) in [5.74, 6) is 2.19. The van der Waals surface area contributed by atoms with Crippen molar-refractivity contribution in [3.63, 3.8) is 0 Å². The number of aliphatic hydroxyl groups excluding tert-OH is 1. The molecule has 0 spiro atoms. The van der Waals surface area contributed by atoms with Gasteiger partial charge in [0.25, 0.3) is 0 Å². The Labute approximate surface area is 160 Å². The molecule has 27 heavy (non-hydrogen) atoms. The zero-order chi connectivity index (χ0) is 19.6. The fraction of sp³-hybridized carbons (Fsp3) is 0.429. The van der Waals surface area contributed by atoms with E-state index in [2.05, 4.69) is 50.1 Å². The number of hydrogen-bond donors (Lipinski definition) is 2. The quantitative estimate of drug-likeness (QED) is 0.660. The second-order valence-electron chi connectivity index (χ2n) is 7.42. The number of aromatic nitrogens is 3. The molecule has 0 saturated heterocycles. The van der Waals surface area contributed by atoms with Crippen LogP contribution in [0.3, 0.4) is 0 Å². The highest BCUT2D eigenvalue weighted by Crippen LogP contribution is 2.33. The summed E-state index contributed by atoms with van der Waals surface area (Å²) in [6, 6.07) is 9.98. The van der Waals surface area contributed by atoms with Gasteiger partial charge in [0.05, 0.1) is 31.6 Å². The minimum atomic E-state index is -0.0549. The lowest BCUT2D eigenvalue weighted by Crippen LogP contribution is -2.30. The Bertz CT molecular complexity index is 918. The third kappa shape index (κ3) is 3.90. The van der Waals surface area contributed by atoms with Crippen molar-refractivity contribution in [2.24, 2.45) is 5.92 Å². The molecule has 3 rings (SSSR count). The lowest BCUT2D eigenvalue weighted by molar-refractivity contribution is 0.249. The molecule has 0 fully saturated rings. The number of fused-ring (bicyclic) bond motifs is 1. The lowest BCUT2D eigenvalue weighted by atomic mass is 9.99. The number of aliphatic hydroxyl groups is 1. The predicted molar refractivity (Wildman–Crippen MR) is 108 cm³/mol. The second-order valence-corrected chi connectivity index (χ2v) is 7.42. The van der Waals surface area contributed by atoms with Crippen LogP contribution in [0.2, 0.25) is 0 Å². The van der Waals surface area contributed by atoms with Gasteiger partial charge in [-0.3, -0.25) is 0 Å². The van der Waals surface area contributed by atoms with E-state index in [9.17, 15) is 5.11 Å². The predicted octanol–water partition coefficient (Wildman–Crippen LogP) is 3.96. The third-order valence-corrected chi connectivity index (χ3v) is 4.86. The molecular weight excluding hydrogens is 340 g/mol. The Hall–Kier alpha value is -2.60. The van der Waals surface area contributed by atoms with Crippen molar-refractivity contribution in [3.8, 4) is 17.0 Å². The van der Waals surface area contributed by atoms with Gasteiger partial charge in [-0.05, 0) is 41.7 Å². The van der Waals surface area contributed by atoms with E-state index in [1.54, 1.807) is 7.11 Å². The van der Waals surface area contributed by atoms with Crippen LogP contribution in [0.15, 0.2) is 36.5 Å². The molecule has 0 saturated carbocycles. The lowest BCUT2D eigenvalue weighted by Gasteiger charge is -2.20. The molecule has 0 amide bonds. The molecule has 3 aromatic rings. The monoisotopic (exact) mass is 368 g/mol. The maximum absolute atomic E-state index is 9.59. The molecule has 1 aromatic carbocycles. The molecule has 1 unspecified atom stereocenters. The summed E-state index contributed by atoms with van der Waals surface area (Å²) >= 11 is 0. The Kier molecular flexibility index (Phi) is 5.65. The van der Waals surface area contributed by atoms with Crippen LogP contribution in [0.4, 0.5) is 5.82 Å². The molecule has 2 aromatic heterocycles. The van der Waals surface area contributed by atoms with Gasteiger partial charge in [0.1, 0.15) is 11.6 Å². The maximum Gasteiger partial charge on any atom is 0.154 e. The molecule has 0 radical (unpaired) electrons.